The topological polar surface area (TPSA) is 200 Å². The van der Waals surface area contributed by atoms with Crippen LogP contribution in [-0.4, -0.2) is 95.8 Å². The summed E-state index contributed by atoms with van der Waals surface area (Å²) in [4.78, 5) is 73.4. The number of allylic oxidation sites excluding steroid dienone is 4. The zero-order chi connectivity index (χ0) is 36.4. The van der Waals surface area contributed by atoms with Gasteiger partial charge in [-0.15, -0.1) is 0 Å². The molecule has 0 unspecified atom stereocenters. The molecule has 13 nitrogen and oxygen atoms in total. The number of carbonyl (C=O) groups is 6. The van der Waals surface area contributed by atoms with Gasteiger partial charge in [0, 0.05) is 50.2 Å². The maximum atomic E-state index is 17.3. The number of nitrogens with one attached hydrogen (secondary N) is 4. The predicted octanol–water partition coefficient (Wildman–Crippen LogP) is 1.56. The Labute approximate surface area is 286 Å². The van der Waals surface area contributed by atoms with E-state index in [1.54, 1.807) is 26.8 Å². The van der Waals surface area contributed by atoms with Gasteiger partial charge in [-0.1, -0.05) is 25.5 Å². The van der Waals surface area contributed by atoms with Crippen LogP contribution in [0, 0.1) is 28.6 Å². The molecule has 4 rings (SSSR count). The van der Waals surface area contributed by atoms with E-state index in [4.69, 9.17) is 4.74 Å². The number of hydrogen-bond donors (Lipinski definition) is 6. The van der Waals surface area contributed by atoms with Gasteiger partial charge in [0.1, 0.15) is 11.6 Å². The van der Waals surface area contributed by atoms with Crippen LogP contribution in [0.2, 0.25) is 0 Å². The molecule has 0 bridgehead atoms. The van der Waals surface area contributed by atoms with Crippen molar-refractivity contribution in [3.05, 3.63) is 23.8 Å². The molecule has 0 aromatic rings. The van der Waals surface area contributed by atoms with Gasteiger partial charge in [0.05, 0.1) is 6.10 Å². The average molecular weight is 691 g/mol. The molecule has 4 amide bonds. The van der Waals surface area contributed by atoms with E-state index in [2.05, 4.69) is 21.3 Å². The molecule has 272 valence electrons. The number of likely N-dealkylation sites (N-methyl/N-ethyl adjacent to an activating group) is 1. The zero-order valence-electron chi connectivity index (χ0n) is 29.0. The van der Waals surface area contributed by atoms with Crippen LogP contribution >= 0.6 is 0 Å². The van der Waals surface area contributed by atoms with Crippen LogP contribution in [0.25, 0.3) is 0 Å². The van der Waals surface area contributed by atoms with Gasteiger partial charge in [-0.05, 0) is 75.9 Å². The van der Waals surface area contributed by atoms with Crippen LogP contribution in [0.1, 0.15) is 79.1 Å². The Kier molecular flexibility index (Phi) is 11.4. The Hall–Kier alpha value is -3.65. The molecule has 0 aromatic carbocycles. The highest BCUT2D eigenvalue weighted by molar-refractivity contribution is 6.01. The molecular formula is C35H51FN4O9. The van der Waals surface area contributed by atoms with Gasteiger partial charge in [-0.3, -0.25) is 24.0 Å². The normalized spacial score (nSPS) is 35.1. The number of unbranched alkanes of at least 4 members (excludes halogenated alkanes) is 1. The molecule has 3 fully saturated rings. The van der Waals surface area contributed by atoms with Crippen molar-refractivity contribution in [2.45, 2.75) is 102 Å². The van der Waals surface area contributed by atoms with E-state index in [1.807, 2.05) is 0 Å². The fourth-order valence-electron chi connectivity index (χ4n) is 9.19. The third kappa shape index (κ3) is 6.90. The molecular weight excluding hydrogens is 639 g/mol. The Morgan fingerprint density at radius 2 is 1.82 bits per heavy atom. The van der Waals surface area contributed by atoms with Gasteiger partial charge in [0.25, 0.3) is 0 Å². The first-order chi connectivity index (χ1) is 22.9. The second-order valence-corrected chi connectivity index (χ2v) is 14.6. The number of amides is 4. The third-order valence-electron chi connectivity index (χ3n) is 11.8. The average Bonchev–Trinajstić information content (AvgIpc) is 3.24. The van der Waals surface area contributed by atoms with Crippen molar-refractivity contribution in [1.82, 2.24) is 21.3 Å². The van der Waals surface area contributed by atoms with Crippen molar-refractivity contribution in [2.24, 2.45) is 28.6 Å². The maximum absolute atomic E-state index is 17.3. The minimum atomic E-state index is -2.10. The van der Waals surface area contributed by atoms with Crippen LogP contribution in [0.5, 0.6) is 0 Å². The second-order valence-electron chi connectivity index (χ2n) is 14.6. The molecule has 0 saturated heterocycles. The Bertz CT molecular complexity index is 1420. The van der Waals surface area contributed by atoms with Crippen molar-refractivity contribution in [2.75, 3.05) is 26.7 Å². The largest absolute Gasteiger partial charge is 0.441 e. The highest BCUT2D eigenvalue weighted by Crippen LogP contribution is 2.70. The number of rotatable bonds is 13. The molecule has 49 heavy (non-hydrogen) atoms. The Morgan fingerprint density at radius 3 is 2.49 bits per heavy atom. The molecule has 14 heteroatoms. The fraction of sp³-hybridized carbons (Fsp3) is 0.714. The minimum absolute atomic E-state index is 0.0556. The highest BCUT2D eigenvalue weighted by Gasteiger charge is 2.75. The third-order valence-corrected chi connectivity index (χ3v) is 11.8. The van der Waals surface area contributed by atoms with Gasteiger partial charge in [-0.25, -0.2) is 9.18 Å². The highest BCUT2D eigenvalue weighted by atomic mass is 19.1. The van der Waals surface area contributed by atoms with E-state index >= 15 is 4.39 Å². The van der Waals surface area contributed by atoms with Crippen molar-refractivity contribution in [1.29, 1.82) is 0 Å². The Balaban J connectivity index is 1.25. The van der Waals surface area contributed by atoms with Gasteiger partial charge in [0.15, 0.2) is 18.1 Å². The van der Waals surface area contributed by atoms with Crippen LogP contribution in [0.3, 0.4) is 0 Å². The number of hydrogen-bond acceptors (Lipinski definition) is 9. The minimum Gasteiger partial charge on any atom is -0.441 e. The van der Waals surface area contributed by atoms with E-state index in [9.17, 15) is 39.0 Å². The summed E-state index contributed by atoms with van der Waals surface area (Å²) in [6.07, 6.45) is 4.35. The number of alkyl carbamates (subject to hydrolysis) is 1. The number of fused-ring (bicyclic) bond motifs is 5. The van der Waals surface area contributed by atoms with Crippen molar-refractivity contribution in [3.8, 4) is 0 Å². The SMILES string of the molecule is CNC(=O)[C@H](CCCCNC(=O)CCNC(=O)OCC(=O)[C@@]1(O)[C@H](C)C[C@H]2[C@@H]3CCC4=CC(=O)C=C[C@]4(C)[C@@]3(F)[C@@H](O)C[C@@]21C)NC(C)=O. The summed E-state index contributed by atoms with van der Waals surface area (Å²) in [5, 5.41) is 33.7. The second kappa shape index (κ2) is 14.7. The number of carbonyl (C=O) groups excluding carboxylic acids is 6. The number of ketones is 2. The van der Waals surface area contributed by atoms with Gasteiger partial charge in [-0.2, -0.15) is 0 Å². The molecule has 4 aliphatic carbocycles. The first-order valence-electron chi connectivity index (χ1n) is 17.2. The molecule has 3 saturated carbocycles. The summed E-state index contributed by atoms with van der Waals surface area (Å²) < 4.78 is 22.5. The summed E-state index contributed by atoms with van der Waals surface area (Å²) in [6.45, 7) is 5.98. The summed E-state index contributed by atoms with van der Waals surface area (Å²) in [7, 11) is 1.48. The van der Waals surface area contributed by atoms with Crippen LogP contribution in [0.4, 0.5) is 9.18 Å². The van der Waals surface area contributed by atoms with Crippen molar-refractivity contribution >= 4 is 35.4 Å². The van der Waals surface area contributed by atoms with Crippen molar-refractivity contribution in [3.63, 3.8) is 0 Å². The maximum Gasteiger partial charge on any atom is 0.407 e. The predicted molar refractivity (Wildman–Crippen MR) is 175 cm³/mol. The van der Waals surface area contributed by atoms with Crippen LogP contribution in [0.15, 0.2) is 23.8 Å². The molecule has 0 aliphatic heterocycles. The summed E-state index contributed by atoms with van der Waals surface area (Å²) >= 11 is 0. The molecule has 0 radical (unpaired) electrons. The fourth-order valence-corrected chi connectivity index (χ4v) is 9.19. The number of ether oxygens (including phenoxy) is 1. The van der Waals surface area contributed by atoms with Gasteiger partial charge >= 0.3 is 6.09 Å². The molecule has 9 atom stereocenters. The number of aliphatic hydroxyl groups is 2. The molecule has 0 spiro atoms. The first-order valence-corrected chi connectivity index (χ1v) is 17.2. The number of halogens is 1. The lowest BCUT2D eigenvalue weighted by molar-refractivity contribution is -0.219. The number of Topliss-reactive ketones (excluding diaryl/α,β-unsaturated/α-hetero) is 1. The molecule has 6 N–H and O–H groups in total. The summed E-state index contributed by atoms with van der Waals surface area (Å²) in [6, 6.07) is -0.652. The van der Waals surface area contributed by atoms with E-state index in [0.717, 1.165) is 0 Å². The quantitative estimate of drug-likeness (QED) is 0.155. The zero-order valence-corrected chi connectivity index (χ0v) is 29.0. The molecule has 0 heterocycles. The first kappa shape index (κ1) is 38.2. The van der Waals surface area contributed by atoms with Crippen LogP contribution in [-0.2, 0) is 28.7 Å². The van der Waals surface area contributed by atoms with E-state index in [1.165, 1.54) is 26.1 Å². The Morgan fingerprint density at radius 1 is 1.10 bits per heavy atom. The lowest BCUT2D eigenvalue weighted by atomic mass is 9.44. The lowest BCUT2D eigenvalue weighted by Gasteiger charge is -2.62. The van der Waals surface area contributed by atoms with Gasteiger partial charge in [0.2, 0.25) is 23.5 Å². The smallest absolute Gasteiger partial charge is 0.407 e. The van der Waals surface area contributed by atoms with E-state index in [-0.39, 0.29) is 42.9 Å². The lowest BCUT2D eigenvalue weighted by Crippen LogP contribution is -2.69. The van der Waals surface area contributed by atoms with E-state index < -0.39 is 70.5 Å². The molecule has 0 aromatic heterocycles. The number of alkyl halides is 1. The summed E-state index contributed by atoms with van der Waals surface area (Å²) in [5.41, 5.74) is -5.83. The monoisotopic (exact) mass is 690 g/mol. The van der Waals surface area contributed by atoms with Crippen LogP contribution < -0.4 is 21.3 Å². The summed E-state index contributed by atoms with van der Waals surface area (Å²) in [5.74, 6) is -3.62. The number of aliphatic hydroxyl groups excluding tert-OH is 1. The van der Waals surface area contributed by atoms with Gasteiger partial charge < -0.3 is 36.2 Å². The van der Waals surface area contributed by atoms with Crippen molar-refractivity contribution < 1.29 is 48.1 Å². The molecule has 4 aliphatic rings. The van der Waals surface area contributed by atoms with E-state index in [0.29, 0.717) is 50.6 Å². The standard InChI is InChI=1S/C35H51FN4O9/c1-20-16-25-24-10-9-22-17-23(42)11-13-32(22,3)34(24,36)27(43)18-33(25,4)35(20,48)28(44)19-49-31(47)39-15-12-29(45)38-14-7-6-8-26(30(46)37-5)40-21(2)41/h11,13,17,20,24-27,43,48H,6-10,12,14-16,18-19H2,1-5H3,(H,37,46)(H,38,45)(H,39,47)(H,40,41)/t20-,24+,25+,26+,27+,32+,33+,34+,35+/m1/s1.